The number of carbonyl (C=O) groups excluding carboxylic acids is 3. The van der Waals surface area contributed by atoms with Gasteiger partial charge < -0.3 is 15.4 Å². The van der Waals surface area contributed by atoms with Gasteiger partial charge in [0.25, 0.3) is 11.8 Å². The molecule has 3 aromatic rings. The number of nitrogens with zero attached hydrogens (tertiary/aromatic N) is 1. The van der Waals surface area contributed by atoms with Crippen molar-refractivity contribution in [1.82, 2.24) is 10.3 Å². The fraction of sp³-hybridized carbons (Fsp3) is 0.167. The van der Waals surface area contributed by atoms with Crippen LogP contribution in [0.3, 0.4) is 0 Å². The van der Waals surface area contributed by atoms with E-state index in [1.165, 1.54) is 24.0 Å². The fourth-order valence-electron chi connectivity index (χ4n) is 2.73. The molecular weight excluding hydrogens is 462 g/mol. The highest BCUT2D eigenvalue weighted by Gasteiger charge is 2.24. The molecule has 1 aromatic heterocycles. The van der Waals surface area contributed by atoms with Gasteiger partial charge in [-0.3, -0.25) is 9.59 Å². The van der Waals surface area contributed by atoms with Gasteiger partial charge in [-0.05, 0) is 29.8 Å². The zero-order valence-corrected chi connectivity index (χ0v) is 19.1. The van der Waals surface area contributed by atoms with Crippen LogP contribution in [0.5, 0.6) is 0 Å². The van der Waals surface area contributed by atoms with Crippen molar-refractivity contribution >= 4 is 47.0 Å². The number of nitrogens with one attached hydrogen (secondary N) is 2. The van der Waals surface area contributed by atoms with Gasteiger partial charge in [0.1, 0.15) is 11.9 Å². The number of anilines is 1. The lowest BCUT2D eigenvalue weighted by Crippen LogP contribution is -2.44. The lowest BCUT2D eigenvalue weighted by Gasteiger charge is -2.17. The summed E-state index contributed by atoms with van der Waals surface area (Å²) in [4.78, 5) is 41.3. The smallest absolute Gasteiger partial charge is 0.330 e. The standard InChI is InChI=1S/C24H22ClN3O4S/c25-19-11-12-21(26-13-19)28-22(29)14-32-24(31)20(16-33-15-17-7-3-1-4-8-17)27-23(30)18-9-5-2-6-10-18/h1-13,20H,14-16H2,(H,27,30)(H,26,28,29)/t20-/m1/s1. The number of hydrogen-bond acceptors (Lipinski definition) is 6. The molecule has 170 valence electrons. The molecule has 7 nitrogen and oxygen atoms in total. The van der Waals surface area contributed by atoms with Crippen LogP contribution in [0.2, 0.25) is 5.02 Å². The second-order valence-electron chi connectivity index (χ2n) is 6.91. The highest BCUT2D eigenvalue weighted by atomic mass is 35.5. The molecule has 3 rings (SSSR count). The Morgan fingerprint density at radius 2 is 1.67 bits per heavy atom. The van der Waals surface area contributed by atoms with E-state index in [0.29, 0.717) is 16.3 Å². The lowest BCUT2D eigenvalue weighted by molar-refractivity contribution is -0.148. The molecule has 0 saturated carbocycles. The number of pyridine rings is 1. The summed E-state index contributed by atoms with van der Waals surface area (Å²) < 4.78 is 5.17. The Labute approximate surface area is 200 Å². The van der Waals surface area contributed by atoms with Gasteiger partial charge in [-0.2, -0.15) is 11.8 Å². The molecule has 0 bridgehead atoms. The van der Waals surface area contributed by atoms with Crippen LogP contribution in [-0.4, -0.2) is 41.2 Å². The third-order valence-corrected chi connectivity index (χ3v) is 5.69. The van der Waals surface area contributed by atoms with Crippen molar-refractivity contribution in [3.8, 4) is 0 Å². The second-order valence-corrected chi connectivity index (χ2v) is 8.38. The molecule has 0 saturated heterocycles. The molecule has 0 radical (unpaired) electrons. The Morgan fingerprint density at radius 1 is 0.970 bits per heavy atom. The molecule has 0 unspecified atom stereocenters. The SMILES string of the molecule is O=C(COC(=O)[C@@H](CSCc1ccccc1)NC(=O)c1ccccc1)Nc1ccc(Cl)cn1. The maximum absolute atomic E-state index is 12.7. The molecular formula is C24H22ClN3O4S. The molecule has 0 aliphatic rings. The third kappa shape index (κ3) is 8.25. The van der Waals surface area contributed by atoms with E-state index in [9.17, 15) is 14.4 Å². The van der Waals surface area contributed by atoms with Crippen molar-refractivity contribution < 1.29 is 19.1 Å². The Bertz CT molecular complexity index is 1070. The Kier molecular flexibility index (Phi) is 9.29. The second kappa shape index (κ2) is 12.6. The van der Waals surface area contributed by atoms with E-state index in [4.69, 9.17) is 16.3 Å². The molecule has 0 fully saturated rings. The lowest BCUT2D eigenvalue weighted by atomic mass is 10.2. The summed E-state index contributed by atoms with van der Waals surface area (Å²) in [6.07, 6.45) is 1.39. The first-order valence-electron chi connectivity index (χ1n) is 10.1. The molecule has 0 aliphatic carbocycles. The van der Waals surface area contributed by atoms with Gasteiger partial charge in [0.2, 0.25) is 0 Å². The average molecular weight is 484 g/mol. The topological polar surface area (TPSA) is 97.4 Å². The van der Waals surface area contributed by atoms with Crippen LogP contribution in [-0.2, 0) is 20.1 Å². The first kappa shape index (κ1) is 24.3. The number of halogens is 1. The summed E-state index contributed by atoms with van der Waals surface area (Å²) >= 11 is 7.25. The normalized spacial score (nSPS) is 11.3. The van der Waals surface area contributed by atoms with E-state index >= 15 is 0 Å². The first-order valence-corrected chi connectivity index (χ1v) is 11.6. The molecule has 2 N–H and O–H groups in total. The largest absolute Gasteiger partial charge is 0.454 e. The summed E-state index contributed by atoms with van der Waals surface area (Å²) in [5, 5.41) is 5.66. The first-order chi connectivity index (χ1) is 16.0. The number of hydrogen-bond donors (Lipinski definition) is 2. The number of ether oxygens (including phenoxy) is 1. The summed E-state index contributed by atoms with van der Waals surface area (Å²) in [6, 6.07) is 20.5. The molecule has 1 atom stereocenters. The monoisotopic (exact) mass is 483 g/mol. The van der Waals surface area contributed by atoms with Gasteiger partial charge in [-0.1, -0.05) is 60.1 Å². The molecule has 2 amide bonds. The van der Waals surface area contributed by atoms with Crippen LogP contribution >= 0.6 is 23.4 Å². The van der Waals surface area contributed by atoms with Crippen molar-refractivity contribution in [3.63, 3.8) is 0 Å². The Hall–Kier alpha value is -3.36. The van der Waals surface area contributed by atoms with Gasteiger partial charge in [-0.15, -0.1) is 0 Å². The molecule has 9 heteroatoms. The van der Waals surface area contributed by atoms with E-state index in [0.717, 1.165) is 5.56 Å². The molecule has 2 aromatic carbocycles. The van der Waals surface area contributed by atoms with Crippen LogP contribution < -0.4 is 10.6 Å². The minimum absolute atomic E-state index is 0.284. The van der Waals surface area contributed by atoms with Crippen molar-refractivity contribution in [1.29, 1.82) is 0 Å². The van der Waals surface area contributed by atoms with Crippen molar-refractivity contribution in [2.45, 2.75) is 11.8 Å². The number of esters is 1. The number of carbonyl (C=O) groups is 3. The summed E-state index contributed by atoms with van der Waals surface area (Å²) in [6.45, 7) is -0.510. The number of thioether (sulfide) groups is 1. The molecule has 33 heavy (non-hydrogen) atoms. The summed E-state index contributed by atoms with van der Waals surface area (Å²) in [7, 11) is 0. The zero-order chi connectivity index (χ0) is 23.5. The molecule has 1 heterocycles. The van der Waals surface area contributed by atoms with Crippen molar-refractivity contribution in [3.05, 3.63) is 95.1 Å². The quantitative estimate of drug-likeness (QED) is 0.424. The summed E-state index contributed by atoms with van der Waals surface area (Å²) in [5.74, 6) is -0.413. The molecule has 0 aliphatic heterocycles. The van der Waals surface area contributed by atoms with Crippen LogP contribution in [0.4, 0.5) is 5.82 Å². The van der Waals surface area contributed by atoms with Crippen LogP contribution in [0.1, 0.15) is 15.9 Å². The predicted molar refractivity (Wildman–Crippen MR) is 129 cm³/mol. The van der Waals surface area contributed by atoms with E-state index in [1.807, 2.05) is 30.3 Å². The van der Waals surface area contributed by atoms with E-state index < -0.39 is 30.4 Å². The number of rotatable bonds is 10. The van der Waals surface area contributed by atoms with E-state index in [1.54, 1.807) is 36.4 Å². The highest BCUT2D eigenvalue weighted by Crippen LogP contribution is 2.14. The maximum atomic E-state index is 12.7. The minimum atomic E-state index is -0.923. The van der Waals surface area contributed by atoms with Crippen molar-refractivity contribution in [2.75, 3.05) is 17.7 Å². The third-order valence-electron chi connectivity index (χ3n) is 4.36. The van der Waals surface area contributed by atoms with Gasteiger partial charge in [0, 0.05) is 23.3 Å². The number of aromatic nitrogens is 1. The number of benzene rings is 2. The molecule has 0 spiro atoms. The zero-order valence-electron chi connectivity index (χ0n) is 17.6. The van der Waals surface area contributed by atoms with E-state index in [2.05, 4.69) is 15.6 Å². The van der Waals surface area contributed by atoms with Crippen LogP contribution in [0.25, 0.3) is 0 Å². The van der Waals surface area contributed by atoms with Gasteiger partial charge in [-0.25, -0.2) is 9.78 Å². The van der Waals surface area contributed by atoms with Crippen molar-refractivity contribution in [2.24, 2.45) is 0 Å². The maximum Gasteiger partial charge on any atom is 0.330 e. The number of amides is 2. The minimum Gasteiger partial charge on any atom is -0.454 e. The van der Waals surface area contributed by atoms with E-state index in [-0.39, 0.29) is 11.6 Å². The van der Waals surface area contributed by atoms with Crippen LogP contribution in [0.15, 0.2) is 79.0 Å². The fourth-order valence-corrected chi connectivity index (χ4v) is 3.85. The Balaban J connectivity index is 1.57. The van der Waals surface area contributed by atoms with Gasteiger partial charge in [0.05, 0.1) is 5.02 Å². The predicted octanol–water partition coefficient (Wildman–Crippen LogP) is 3.95. The van der Waals surface area contributed by atoms with Gasteiger partial charge in [0.15, 0.2) is 6.61 Å². The Morgan fingerprint density at radius 3 is 2.33 bits per heavy atom. The summed E-state index contributed by atoms with van der Waals surface area (Å²) in [5.41, 5.74) is 1.52. The van der Waals surface area contributed by atoms with Gasteiger partial charge >= 0.3 is 5.97 Å². The van der Waals surface area contributed by atoms with Crippen LogP contribution in [0, 0.1) is 0 Å². The average Bonchev–Trinajstić information content (AvgIpc) is 2.84. The highest BCUT2D eigenvalue weighted by molar-refractivity contribution is 7.98.